The molecule has 0 saturated heterocycles. The molecule has 0 aliphatic heterocycles. The maximum Gasteiger partial charge on any atom is 0.132 e. The topological polar surface area (TPSA) is 65.2 Å². The Morgan fingerprint density at radius 3 is 1.23 bits per heavy atom. The van der Waals surface area contributed by atoms with E-state index in [9.17, 15) is 10.2 Å². The average Bonchev–Trinajstić information content (AvgIpc) is 3.19. The summed E-state index contributed by atoms with van der Waals surface area (Å²) in [6, 6.07) is 49.5. The smallest absolute Gasteiger partial charge is 0.132 e. The number of hydrogen-bond acceptors (Lipinski definition) is 4. The molecule has 1 aliphatic carbocycles. The van der Waals surface area contributed by atoms with Gasteiger partial charge in [0.1, 0.15) is 11.5 Å². The van der Waals surface area contributed by atoms with Gasteiger partial charge in [-0.1, -0.05) is 146 Å². The first-order chi connectivity index (χ1) is 25.6. The number of rotatable bonds is 6. The van der Waals surface area contributed by atoms with Crippen molar-refractivity contribution in [1.82, 2.24) is 0 Å². The number of fused-ring (bicyclic) bond motifs is 4. The third-order valence-electron chi connectivity index (χ3n) is 10.7. The molecule has 0 amide bonds. The average molecular weight is 675 g/mol. The number of benzene rings is 8. The molecule has 9 rings (SSSR count). The minimum Gasteiger partial charge on any atom is -0.507 e. The Kier molecular flexibility index (Phi) is 8.21. The van der Waals surface area contributed by atoms with Gasteiger partial charge in [0, 0.05) is 34.7 Å². The Labute approximate surface area is 303 Å². The monoisotopic (exact) mass is 674 g/mol. The number of aliphatic imine (C=N–C) groups is 2. The van der Waals surface area contributed by atoms with Gasteiger partial charge in [0.15, 0.2) is 0 Å². The second-order valence-corrected chi connectivity index (χ2v) is 13.8. The summed E-state index contributed by atoms with van der Waals surface area (Å²) in [5.41, 5.74) is 5.04. The molecule has 4 nitrogen and oxygen atoms in total. The van der Waals surface area contributed by atoms with Gasteiger partial charge in [0.05, 0.1) is 12.1 Å². The van der Waals surface area contributed by atoms with Crippen LogP contribution in [0.2, 0.25) is 0 Å². The van der Waals surface area contributed by atoms with E-state index in [2.05, 4.69) is 84.9 Å². The van der Waals surface area contributed by atoms with Gasteiger partial charge in [0.25, 0.3) is 0 Å². The Morgan fingerprint density at radius 2 is 0.788 bits per heavy atom. The zero-order valence-corrected chi connectivity index (χ0v) is 28.8. The quantitative estimate of drug-likeness (QED) is 0.172. The Bertz CT molecular complexity index is 2490. The number of phenolic OH excluding ortho intramolecular Hbond substituents is 2. The van der Waals surface area contributed by atoms with Gasteiger partial charge in [-0.2, -0.15) is 0 Å². The Hall–Kier alpha value is -6.26. The van der Waals surface area contributed by atoms with Crippen molar-refractivity contribution < 1.29 is 10.2 Å². The van der Waals surface area contributed by atoms with E-state index in [1.54, 1.807) is 0 Å². The molecular formula is C48H38N2O2. The molecule has 2 atom stereocenters. The van der Waals surface area contributed by atoms with Crippen LogP contribution in [0.15, 0.2) is 156 Å². The van der Waals surface area contributed by atoms with Crippen LogP contribution in [-0.4, -0.2) is 34.7 Å². The predicted octanol–water partition coefficient (Wildman–Crippen LogP) is 11.9. The van der Waals surface area contributed by atoms with Crippen molar-refractivity contribution in [2.45, 2.75) is 37.8 Å². The fraction of sp³-hybridized carbons (Fsp3) is 0.125. The summed E-state index contributed by atoms with van der Waals surface area (Å²) >= 11 is 0. The first-order valence-corrected chi connectivity index (χ1v) is 18.2. The fourth-order valence-corrected chi connectivity index (χ4v) is 8.14. The second-order valence-electron chi connectivity index (χ2n) is 13.8. The lowest BCUT2D eigenvalue weighted by molar-refractivity contribution is 0.390. The molecule has 1 aliphatic rings. The van der Waals surface area contributed by atoms with Crippen LogP contribution in [0, 0.1) is 0 Å². The minimum atomic E-state index is -0.0444. The largest absolute Gasteiger partial charge is 0.507 e. The normalized spacial score (nSPS) is 16.5. The van der Waals surface area contributed by atoms with Crippen LogP contribution in [0.1, 0.15) is 36.8 Å². The van der Waals surface area contributed by atoms with Gasteiger partial charge in [0.2, 0.25) is 0 Å². The van der Waals surface area contributed by atoms with Crippen molar-refractivity contribution in [2.75, 3.05) is 0 Å². The molecular weight excluding hydrogens is 637 g/mol. The maximum atomic E-state index is 11.9. The van der Waals surface area contributed by atoms with E-state index in [4.69, 9.17) is 9.98 Å². The minimum absolute atomic E-state index is 0.0444. The number of hydrogen-bond donors (Lipinski definition) is 2. The fourth-order valence-electron chi connectivity index (χ4n) is 8.14. The van der Waals surface area contributed by atoms with Crippen LogP contribution in [-0.2, 0) is 0 Å². The van der Waals surface area contributed by atoms with E-state index < -0.39 is 0 Å². The van der Waals surface area contributed by atoms with Gasteiger partial charge in [-0.25, -0.2) is 0 Å². The molecule has 8 aromatic rings. The van der Waals surface area contributed by atoms with Gasteiger partial charge in [-0.3, -0.25) is 9.98 Å². The van der Waals surface area contributed by atoms with Gasteiger partial charge >= 0.3 is 0 Å². The van der Waals surface area contributed by atoms with Crippen LogP contribution in [0.25, 0.3) is 65.3 Å². The van der Waals surface area contributed by atoms with Gasteiger partial charge in [-0.05, 0) is 79.2 Å². The van der Waals surface area contributed by atoms with Crippen molar-refractivity contribution in [3.63, 3.8) is 0 Å². The van der Waals surface area contributed by atoms with Crippen molar-refractivity contribution in [3.8, 4) is 33.8 Å². The summed E-state index contributed by atoms with van der Waals surface area (Å²) in [7, 11) is 0. The van der Waals surface area contributed by atoms with Crippen LogP contribution in [0.4, 0.5) is 0 Å². The van der Waals surface area contributed by atoms with E-state index in [0.717, 1.165) is 91.0 Å². The maximum absolute atomic E-state index is 11.9. The molecule has 0 bridgehead atoms. The zero-order chi connectivity index (χ0) is 35.0. The van der Waals surface area contributed by atoms with Gasteiger partial charge < -0.3 is 10.2 Å². The van der Waals surface area contributed by atoms with Crippen LogP contribution >= 0.6 is 0 Å². The number of phenols is 2. The first-order valence-electron chi connectivity index (χ1n) is 18.2. The van der Waals surface area contributed by atoms with Crippen molar-refractivity contribution in [1.29, 1.82) is 0 Å². The third kappa shape index (κ3) is 5.67. The highest BCUT2D eigenvalue weighted by Gasteiger charge is 2.24. The molecule has 8 aromatic carbocycles. The van der Waals surface area contributed by atoms with Crippen LogP contribution < -0.4 is 0 Å². The second kappa shape index (κ2) is 13.5. The van der Waals surface area contributed by atoms with E-state index >= 15 is 0 Å². The molecule has 0 heterocycles. The number of aromatic hydroxyl groups is 2. The molecule has 0 unspecified atom stereocenters. The van der Waals surface area contributed by atoms with Gasteiger partial charge in [-0.15, -0.1) is 0 Å². The molecule has 0 radical (unpaired) electrons. The summed E-state index contributed by atoms with van der Waals surface area (Å²) in [6.07, 6.45) is 7.67. The third-order valence-corrected chi connectivity index (χ3v) is 10.7. The predicted molar refractivity (Wildman–Crippen MR) is 218 cm³/mol. The van der Waals surface area contributed by atoms with E-state index in [-0.39, 0.29) is 23.6 Å². The summed E-state index contributed by atoms with van der Waals surface area (Å²) in [5.74, 6) is 0.466. The number of nitrogens with zero attached hydrogens (tertiary/aromatic N) is 2. The molecule has 1 saturated carbocycles. The lowest BCUT2D eigenvalue weighted by Crippen LogP contribution is -2.27. The first kappa shape index (κ1) is 31.7. The molecule has 52 heavy (non-hydrogen) atoms. The Morgan fingerprint density at radius 1 is 0.423 bits per heavy atom. The highest BCUT2D eigenvalue weighted by atomic mass is 16.3. The molecule has 4 heteroatoms. The van der Waals surface area contributed by atoms with Crippen LogP contribution in [0.3, 0.4) is 0 Å². The van der Waals surface area contributed by atoms with Crippen molar-refractivity contribution in [3.05, 3.63) is 157 Å². The summed E-state index contributed by atoms with van der Waals surface area (Å²) in [4.78, 5) is 10.2. The molecule has 0 aromatic heterocycles. The lowest BCUT2D eigenvalue weighted by atomic mass is 9.90. The Balaban J connectivity index is 1.09. The van der Waals surface area contributed by atoms with Crippen molar-refractivity contribution >= 4 is 55.5 Å². The SMILES string of the molecule is Oc1c(C=N[C@@H]2CCCC[C@H]2N=Cc2cc3ccccc3c(-c3cccc4ccccc34)c2O)cc2ccccc2c1-c1cccc2ccccc12. The van der Waals surface area contributed by atoms with Crippen LogP contribution in [0.5, 0.6) is 11.5 Å². The molecule has 0 spiro atoms. The summed E-state index contributed by atoms with van der Waals surface area (Å²) in [5, 5.41) is 32.4. The van der Waals surface area contributed by atoms with Crippen molar-refractivity contribution in [2.24, 2.45) is 9.98 Å². The summed E-state index contributed by atoms with van der Waals surface area (Å²) < 4.78 is 0. The lowest BCUT2D eigenvalue weighted by Gasteiger charge is -2.25. The highest BCUT2D eigenvalue weighted by Crippen LogP contribution is 2.43. The standard InChI is InChI=1S/C48H38N2O2/c51-47-35(27-33-15-3-7-21-39(33)45(47)41-23-11-17-31-13-1-5-19-37(31)41)29-49-43-25-9-10-26-44(43)50-30-36-28-34-16-4-8-22-40(34)46(48(36)52)42-24-12-18-32-14-2-6-20-38(32)42/h1-8,11-24,27-30,43-44,51-52H,9-10,25-26H2/t43-,44-/m1/s1. The van der Waals surface area contributed by atoms with E-state index in [1.807, 2.05) is 73.1 Å². The molecule has 2 N–H and O–H groups in total. The van der Waals surface area contributed by atoms with E-state index in [0.29, 0.717) is 11.1 Å². The highest BCUT2D eigenvalue weighted by molar-refractivity contribution is 6.12. The summed E-state index contributed by atoms with van der Waals surface area (Å²) in [6.45, 7) is 0. The van der Waals surface area contributed by atoms with E-state index in [1.165, 1.54) is 0 Å². The molecule has 1 fully saturated rings. The zero-order valence-electron chi connectivity index (χ0n) is 28.8. The molecule has 252 valence electrons.